The minimum atomic E-state index is -1.19. The highest BCUT2D eigenvalue weighted by molar-refractivity contribution is 7.99. The Morgan fingerprint density at radius 1 is 1.09 bits per heavy atom. The maximum Gasteiger partial charge on any atom is 0.305 e. The third-order valence-electron chi connectivity index (χ3n) is 5.07. The SMILES string of the molecule is CCCCSCC(=O)[C@H](CC(=O)O)NC(=O)[C@@H](NC(=O)Cc1cc(OC)ccc1OC)C(C)C. The first kappa shape index (κ1) is 29.3. The molecular weight excluding hydrogens is 460 g/mol. The predicted molar refractivity (Wildman–Crippen MR) is 131 cm³/mol. The number of methoxy groups -OCH3 is 2. The monoisotopic (exact) mass is 496 g/mol. The molecule has 1 aromatic rings. The van der Waals surface area contributed by atoms with Gasteiger partial charge >= 0.3 is 5.97 Å². The summed E-state index contributed by atoms with van der Waals surface area (Å²) in [6.07, 6.45) is 1.38. The van der Waals surface area contributed by atoms with Crippen molar-refractivity contribution in [3.63, 3.8) is 0 Å². The van der Waals surface area contributed by atoms with Crippen molar-refractivity contribution >= 4 is 35.3 Å². The fourth-order valence-corrected chi connectivity index (χ4v) is 4.19. The third-order valence-corrected chi connectivity index (χ3v) is 6.14. The molecule has 1 aromatic carbocycles. The first-order valence-corrected chi connectivity index (χ1v) is 12.4. The number of aliphatic carboxylic acids is 1. The first-order valence-electron chi connectivity index (χ1n) is 11.3. The maximum absolute atomic E-state index is 12.9. The fourth-order valence-electron chi connectivity index (χ4n) is 3.15. The molecule has 0 aliphatic heterocycles. The molecule has 0 aliphatic carbocycles. The third kappa shape index (κ3) is 10.0. The average molecular weight is 497 g/mol. The summed E-state index contributed by atoms with van der Waals surface area (Å²) in [5.74, 6) is -0.880. The van der Waals surface area contributed by atoms with Crippen LogP contribution in [0.4, 0.5) is 0 Å². The number of amides is 2. The molecule has 0 radical (unpaired) electrons. The number of thioether (sulfide) groups is 1. The molecule has 0 saturated carbocycles. The zero-order chi connectivity index (χ0) is 25.7. The molecule has 2 amide bonds. The molecule has 0 aliphatic rings. The Bertz CT molecular complexity index is 845. The summed E-state index contributed by atoms with van der Waals surface area (Å²) in [6, 6.07) is 2.98. The van der Waals surface area contributed by atoms with E-state index in [1.54, 1.807) is 32.0 Å². The molecule has 0 fully saturated rings. The van der Waals surface area contributed by atoms with E-state index in [2.05, 4.69) is 10.6 Å². The Hall–Kier alpha value is -2.75. The normalized spacial score (nSPS) is 12.5. The van der Waals surface area contributed by atoms with E-state index in [1.165, 1.54) is 26.0 Å². The van der Waals surface area contributed by atoms with Crippen LogP contribution in [0.25, 0.3) is 0 Å². The number of benzene rings is 1. The van der Waals surface area contributed by atoms with E-state index >= 15 is 0 Å². The summed E-state index contributed by atoms with van der Waals surface area (Å²) in [7, 11) is 3.01. The van der Waals surface area contributed by atoms with Crippen molar-refractivity contribution in [2.24, 2.45) is 5.92 Å². The summed E-state index contributed by atoms with van der Waals surface area (Å²) >= 11 is 1.42. The summed E-state index contributed by atoms with van der Waals surface area (Å²) in [4.78, 5) is 49.5. The number of unbranched alkanes of at least 4 members (excludes halogenated alkanes) is 1. The quantitative estimate of drug-likeness (QED) is 0.298. The van der Waals surface area contributed by atoms with Gasteiger partial charge in [0.15, 0.2) is 5.78 Å². The van der Waals surface area contributed by atoms with Gasteiger partial charge in [-0.3, -0.25) is 19.2 Å². The van der Waals surface area contributed by atoms with E-state index in [9.17, 15) is 24.3 Å². The van der Waals surface area contributed by atoms with Gasteiger partial charge in [-0.15, -0.1) is 0 Å². The van der Waals surface area contributed by atoms with Gasteiger partial charge in [0.1, 0.15) is 17.5 Å². The van der Waals surface area contributed by atoms with Gasteiger partial charge in [-0.05, 0) is 36.3 Å². The molecule has 0 bridgehead atoms. The summed E-state index contributed by atoms with van der Waals surface area (Å²) in [5, 5.41) is 14.4. The number of Topliss-reactive ketones (excluding diaryl/α,β-unsaturated/α-hetero) is 1. The van der Waals surface area contributed by atoms with Crippen LogP contribution in [0, 0.1) is 5.92 Å². The van der Waals surface area contributed by atoms with Gasteiger partial charge < -0.3 is 25.2 Å². The molecule has 34 heavy (non-hydrogen) atoms. The number of hydrogen-bond acceptors (Lipinski definition) is 7. The average Bonchev–Trinajstić information content (AvgIpc) is 2.79. The van der Waals surface area contributed by atoms with Gasteiger partial charge in [0.2, 0.25) is 11.8 Å². The van der Waals surface area contributed by atoms with Crippen LogP contribution >= 0.6 is 11.8 Å². The number of hydrogen-bond donors (Lipinski definition) is 3. The highest BCUT2D eigenvalue weighted by Gasteiger charge is 2.30. The number of carbonyl (C=O) groups is 4. The van der Waals surface area contributed by atoms with Crippen molar-refractivity contribution < 1.29 is 33.8 Å². The number of carboxylic acid groups (broad SMARTS) is 1. The van der Waals surface area contributed by atoms with Gasteiger partial charge in [0.05, 0.1) is 38.9 Å². The molecule has 1 rings (SSSR count). The van der Waals surface area contributed by atoms with Crippen LogP contribution in [-0.2, 0) is 25.6 Å². The molecule has 190 valence electrons. The van der Waals surface area contributed by atoms with Gasteiger partial charge in [0, 0.05) is 5.56 Å². The second-order valence-electron chi connectivity index (χ2n) is 8.18. The molecule has 0 spiro atoms. The van der Waals surface area contributed by atoms with Crippen LogP contribution in [0.2, 0.25) is 0 Å². The highest BCUT2D eigenvalue weighted by atomic mass is 32.2. The molecule has 9 nitrogen and oxygen atoms in total. The highest BCUT2D eigenvalue weighted by Crippen LogP contribution is 2.24. The van der Waals surface area contributed by atoms with Gasteiger partial charge in [-0.2, -0.15) is 11.8 Å². The van der Waals surface area contributed by atoms with Crippen LogP contribution in [0.5, 0.6) is 11.5 Å². The van der Waals surface area contributed by atoms with E-state index in [0.29, 0.717) is 17.1 Å². The van der Waals surface area contributed by atoms with Crippen LogP contribution in [0.15, 0.2) is 18.2 Å². The number of carbonyl (C=O) groups excluding carboxylic acids is 3. The molecule has 0 aromatic heterocycles. The Labute approximate surface area is 205 Å². The molecule has 3 N–H and O–H groups in total. The van der Waals surface area contributed by atoms with Gasteiger partial charge in [-0.25, -0.2) is 0 Å². The van der Waals surface area contributed by atoms with E-state index in [0.717, 1.165) is 18.6 Å². The van der Waals surface area contributed by atoms with E-state index in [1.807, 2.05) is 6.92 Å². The summed E-state index contributed by atoms with van der Waals surface area (Å²) in [6.45, 7) is 5.55. The predicted octanol–water partition coefficient (Wildman–Crippen LogP) is 2.45. The smallest absolute Gasteiger partial charge is 0.305 e. The standard InChI is InChI=1S/C24H36N2O7S/c1-6-7-10-34-14-19(27)18(13-22(29)30)25-24(31)23(15(2)3)26-21(28)12-16-11-17(32-4)8-9-20(16)33-5/h8-9,11,15,18,23H,6-7,10,12-14H2,1-5H3,(H,25,31)(H,26,28)(H,29,30)/t18-,23-/m0/s1. The number of ketones is 1. The molecule has 0 unspecified atom stereocenters. The number of nitrogens with one attached hydrogen (secondary N) is 2. The summed E-state index contributed by atoms with van der Waals surface area (Å²) < 4.78 is 10.5. The summed E-state index contributed by atoms with van der Waals surface area (Å²) in [5.41, 5.74) is 0.588. The minimum Gasteiger partial charge on any atom is -0.497 e. The van der Waals surface area contributed by atoms with Crippen molar-refractivity contribution in [2.45, 2.75) is 58.5 Å². The Morgan fingerprint density at radius 3 is 2.35 bits per heavy atom. The van der Waals surface area contributed by atoms with Crippen LogP contribution < -0.4 is 20.1 Å². The second-order valence-corrected chi connectivity index (χ2v) is 9.28. The lowest BCUT2D eigenvalue weighted by Crippen LogP contribution is -2.54. The lowest BCUT2D eigenvalue weighted by Gasteiger charge is -2.25. The topological polar surface area (TPSA) is 131 Å². The van der Waals surface area contributed by atoms with Crippen molar-refractivity contribution in [1.82, 2.24) is 10.6 Å². The van der Waals surface area contributed by atoms with Crippen molar-refractivity contribution in [1.29, 1.82) is 0 Å². The number of ether oxygens (including phenoxy) is 2. The van der Waals surface area contributed by atoms with E-state index < -0.39 is 36.3 Å². The van der Waals surface area contributed by atoms with Crippen LogP contribution in [-0.4, -0.2) is 66.5 Å². The second kappa shape index (κ2) is 15.2. The van der Waals surface area contributed by atoms with E-state index in [-0.39, 0.29) is 23.9 Å². The molecule has 0 saturated heterocycles. The molecular formula is C24H36N2O7S. The van der Waals surface area contributed by atoms with Crippen molar-refractivity contribution in [3.05, 3.63) is 23.8 Å². The largest absolute Gasteiger partial charge is 0.497 e. The van der Waals surface area contributed by atoms with Crippen molar-refractivity contribution in [2.75, 3.05) is 25.7 Å². The van der Waals surface area contributed by atoms with Crippen LogP contribution in [0.1, 0.15) is 45.6 Å². The van der Waals surface area contributed by atoms with Gasteiger partial charge in [-0.1, -0.05) is 27.2 Å². The lowest BCUT2D eigenvalue weighted by molar-refractivity contribution is -0.140. The molecule has 0 heterocycles. The molecule has 2 atom stereocenters. The maximum atomic E-state index is 12.9. The Kier molecular flexibility index (Phi) is 13.1. The van der Waals surface area contributed by atoms with E-state index in [4.69, 9.17) is 9.47 Å². The zero-order valence-electron chi connectivity index (χ0n) is 20.5. The van der Waals surface area contributed by atoms with Crippen LogP contribution in [0.3, 0.4) is 0 Å². The Balaban J connectivity index is 2.88. The molecule has 10 heteroatoms. The number of carboxylic acids is 1. The first-order chi connectivity index (χ1) is 16.1. The fraction of sp³-hybridized carbons (Fsp3) is 0.583. The van der Waals surface area contributed by atoms with Gasteiger partial charge in [0.25, 0.3) is 0 Å². The van der Waals surface area contributed by atoms with Crippen molar-refractivity contribution in [3.8, 4) is 11.5 Å². The number of rotatable bonds is 16. The lowest BCUT2D eigenvalue weighted by atomic mass is 10.0. The minimum absolute atomic E-state index is 0.0531. The Morgan fingerprint density at radius 2 is 1.79 bits per heavy atom. The zero-order valence-corrected chi connectivity index (χ0v) is 21.3.